The molecule has 0 aliphatic carbocycles. The van der Waals surface area contributed by atoms with E-state index >= 15 is 0 Å². The predicted molar refractivity (Wildman–Crippen MR) is 85.9 cm³/mol. The summed E-state index contributed by atoms with van der Waals surface area (Å²) in [5, 5.41) is 2.91. The SMILES string of the molecule is Cc1ncoc1-c1ccc(C(CN2CCOCC2)NC=O)cc1. The third-order valence-electron chi connectivity index (χ3n) is 4.13. The number of aromatic nitrogens is 1. The average Bonchev–Trinajstić information content (AvgIpc) is 3.02. The van der Waals surface area contributed by atoms with Gasteiger partial charge in [0.15, 0.2) is 12.2 Å². The largest absolute Gasteiger partial charge is 0.443 e. The molecule has 6 heteroatoms. The minimum atomic E-state index is -0.0320. The molecule has 0 radical (unpaired) electrons. The van der Waals surface area contributed by atoms with Gasteiger partial charge in [-0.3, -0.25) is 9.69 Å². The Hall–Kier alpha value is -2.18. The number of nitrogens with one attached hydrogen (secondary N) is 1. The summed E-state index contributed by atoms with van der Waals surface area (Å²) in [6.45, 7) is 5.98. The molecule has 1 amide bonds. The molecule has 1 atom stereocenters. The highest BCUT2D eigenvalue weighted by atomic mass is 16.5. The first-order chi connectivity index (χ1) is 11.3. The van der Waals surface area contributed by atoms with Gasteiger partial charge in [-0.1, -0.05) is 24.3 Å². The second kappa shape index (κ2) is 7.39. The first kappa shape index (κ1) is 15.7. The van der Waals surface area contributed by atoms with Crippen LogP contribution in [0.1, 0.15) is 17.3 Å². The fraction of sp³-hybridized carbons (Fsp3) is 0.412. The van der Waals surface area contributed by atoms with Crippen LogP contribution in [0.5, 0.6) is 0 Å². The Morgan fingerprint density at radius 3 is 2.65 bits per heavy atom. The second-order valence-corrected chi connectivity index (χ2v) is 5.64. The Labute approximate surface area is 135 Å². The van der Waals surface area contributed by atoms with Crippen molar-refractivity contribution in [3.05, 3.63) is 41.9 Å². The number of nitrogens with zero attached hydrogens (tertiary/aromatic N) is 2. The predicted octanol–water partition coefficient (Wildman–Crippen LogP) is 1.77. The first-order valence-electron chi connectivity index (χ1n) is 7.78. The van der Waals surface area contributed by atoms with Crippen molar-refractivity contribution in [1.82, 2.24) is 15.2 Å². The molecule has 1 saturated heterocycles. The van der Waals surface area contributed by atoms with Crippen LogP contribution in [0.15, 0.2) is 35.1 Å². The lowest BCUT2D eigenvalue weighted by molar-refractivity contribution is -0.110. The molecule has 2 heterocycles. The van der Waals surface area contributed by atoms with Gasteiger partial charge in [0.05, 0.1) is 24.9 Å². The van der Waals surface area contributed by atoms with E-state index in [0.29, 0.717) is 0 Å². The van der Waals surface area contributed by atoms with Crippen molar-refractivity contribution in [2.45, 2.75) is 13.0 Å². The summed E-state index contributed by atoms with van der Waals surface area (Å²) in [4.78, 5) is 17.4. The highest BCUT2D eigenvalue weighted by Gasteiger charge is 2.18. The zero-order chi connectivity index (χ0) is 16.1. The molecule has 2 aromatic rings. The smallest absolute Gasteiger partial charge is 0.207 e. The van der Waals surface area contributed by atoms with Gasteiger partial charge in [-0.05, 0) is 12.5 Å². The van der Waals surface area contributed by atoms with E-state index in [-0.39, 0.29) is 6.04 Å². The third kappa shape index (κ3) is 3.78. The van der Waals surface area contributed by atoms with Crippen LogP contribution >= 0.6 is 0 Å². The molecule has 6 nitrogen and oxygen atoms in total. The zero-order valence-electron chi connectivity index (χ0n) is 13.2. The maximum Gasteiger partial charge on any atom is 0.207 e. The summed E-state index contributed by atoms with van der Waals surface area (Å²) >= 11 is 0. The molecule has 1 fully saturated rings. The van der Waals surface area contributed by atoms with Crippen LogP contribution in [0.25, 0.3) is 11.3 Å². The van der Waals surface area contributed by atoms with E-state index in [1.165, 1.54) is 6.39 Å². The highest BCUT2D eigenvalue weighted by molar-refractivity contribution is 5.60. The molecule has 0 bridgehead atoms. The Morgan fingerprint density at radius 1 is 1.30 bits per heavy atom. The molecule has 1 aromatic heterocycles. The van der Waals surface area contributed by atoms with Crippen molar-refractivity contribution < 1.29 is 13.9 Å². The van der Waals surface area contributed by atoms with Crippen molar-refractivity contribution in [2.75, 3.05) is 32.8 Å². The number of hydrogen-bond acceptors (Lipinski definition) is 5. The molecule has 0 spiro atoms. The van der Waals surface area contributed by atoms with E-state index in [0.717, 1.165) is 61.8 Å². The van der Waals surface area contributed by atoms with E-state index in [4.69, 9.17) is 9.15 Å². The van der Waals surface area contributed by atoms with Gasteiger partial charge < -0.3 is 14.5 Å². The molecule has 3 rings (SSSR count). The third-order valence-corrected chi connectivity index (χ3v) is 4.13. The van der Waals surface area contributed by atoms with E-state index in [9.17, 15) is 4.79 Å². The van der Waals surface area contributed by atoms with Crippen LogP contribution in [-0.4, -0.2) is 49.1 Å². The summed E-state index contributed by atoms with van der Waals surface area (Å²) in [6, 6.07) is 8.02. The van der Waals surface area contributed by atoms with Crippen LogP contribution < -0.4 is 5.32 Å². The van der Waals surface area contributed by atoms with Gasteiger partial charge >= 0.3 is 0 Å². The molecule has 1 aromatic carbocycles. The van der Waals surface area contributed by atoms with Gasteiger partial charge in [-0.15, -0.1) is 0 Å². The number of amides is 1. The molecule has 1 unspecified atom stereocenters. The Morgan fingerprint density at radius 2 is 2.04 bits per heavy atom. The highest BCUT2D eigenvalue weighted by Crippen LogP contribution is 2.24. The van der Waals surface area contributed by atoms with Crippen molar-refractivity contribution in [1.29, 1.82) is 0 Å². The number of hydrogen-bond donors (Lipinski definition) is 1. The van der Waals surface area contributed by atoms with Crippen molar-refractivity contribution in [3.8, 4) is 11.3 Å². The van der Waals surface area contributed by atoms with E-state index in [1.807, 2.05) is 31.2 Å². The van der Waals surface area contributed by atoms with Gasteiger partial charge in [0.1, 0.15) is 0 Å². The number of rotatable bonds is 6. The number of benzene rings is 1. The number of aryl methyl sites for hydroxylation is 1. The maximum atomic E-state index is 11.0. The topological polar surface area (TPSA) is 67.6 Å². The van der Waals surface area contributed by atoms with Crippen molar-refractivity contribution >= 4 is 6.41 Å². The van der Waals surface area contributed by atoms with Gasteiger partial charge in [-0.25, -0.2) is 4.98 Å². The molecule has 1 aliphatic heterocycles. The van der Waals surface area contributed by atoms with Gasteiger partial charge in [0, 0.05) is 25.2 Å². The van der Waals surface area contributed by atoms with Crippen LogP contribution in [0.3, 0.4) is 0 Å². The Bertz CT molecular complexity index is 633. The molecule has 122 valence electrons. The molecule has 0 saturated carbocycles. The van der Waals surface area contributed by atoms with Crippen LogP contribution in [-0.2, 0) is 9.53 Å². The molecule has 23 heavy (non-hydrogen) atoms. The van der Waals surface area contributed by atoms with E-state index < -0.39 is 0 Å². The van der Waals surface area contributed by atoms with Crippen LogP contribution in [0.2, 0.25) is 0 Å². The standard InChI is InChI=1S/C17H21N3O3/c1-13-17(23-12-19-13)15-4-2-14(3-5-15)16(18-11-21)10-20-6-8-22-9-7-20/h2-5,11-12,16H,6-10H2,1H3,(H,18,21). The van der Waals surface area contributed by atoms with E-state index in [1.54, 1.807) is 0 Å². The summed E-state index contributed by atoms with van der Waals surface area (Å²) in [5.74, 6) is 0.782. The van der Waals surface area contributed by atoms with E-state index in [2.05, 4.69) is 15.2 Å². The number of ether oxygens (including phenoxy) is 1. The van der Waals surface area contributed by atoms with Crippen molar-refractivity contribution in [3.63, 3.8) is 0 Å². The lowest BCUT2D eigenvalue weighted by Crippen LogP contribution is -2.41. The average molecular weight is 315 g/mol. The number of oxazole rings is 1. The summed E-state index contributed by atoms with van der Waals surface area (Å²) in [6.07, 6.45) is 2.22. The summed E-state index contributed by atoms with van der Waals surface area (Å²) in [7, 11) is 0. The van der Waals surface area contributed by atoms with Crippen LogP contribution in [0.4, 0.5) is 0 Å². The maximum absolute atomic E-state index is 11.0. The molecular weight excluding hydrogens is 294 g/mol. The quantitative estimate of drug-likeness (QED) is 0.823. The second-order valence-electron chi connectivity index (χ2n) is 5.64. The lowest BCUT2D eigenvalue weighted by atomic mass is 10.0. The summed E-state index contributed by atoms with van der Waals surface area (Å²) in [5.41, 5.74) is 2.93. The zero-order valence-corrected chi connectivity index (χ0v) is 13.2. The monoisotopic (exact) mass is 315 g/mol. The first-order valence-corrected chi connectivity index (χ1v) is 7.78. The molecular formula is C17H21N3O3. The minimum Gasteiger partial charge on any atom is -0.443 e. The fourth-order valence-electron chi connectivity index (χ4n) is 2.82. The van der Waals surface area contributed by atoms with Gasteiger partial charge in [0.25, 0.3) is 0 Å². The molecule has 1 N–H and O–H groups in total. The molecule has 1 aliphatic rings. The number of morpholine rings is 1. The fourth-order valence-corrected chi connectivity index (χ4v) is 2.82. The number of carbonyl (C=O) groups is 1. The normalized spacial score (nSPS) is 16.9. The lowest BCUT2D eigenvalue weighted by Gasteiger charge is -2.30. The van der Waals surface area contributed by atoms with Gasteiger partial charge in [-0.2, -0.15) is 0 Å². The summed E-state index contributed by atoms with van der Waals surface area (Å²) < 4.78 is 10.8. The Balaban J connectivity index is 1.74. The Kier molecular flexibility index (Phi) is 5.05. The minimum absolute atomic E-state index is 0.0320. The van der Waals surface area contributed by atoms with Crippen LogP contribution in [0, 0.1) is 6.92 Å². The van der Waals surface area contributed by atoms with Gasteiger partial charge in [0.2, 0.25) is 6.41 Å². The van der Waals surface area contributed by atoms with Crippen molar-refractivity contribution in [2.24, 2.45) is 0 Å². The number of carbonyl (C=O) groups excluding carboxylic acids is 1.